The van der Waals surface area contributed by atoms with E-state index in [0.29, 0.717) is 46.9 Å². The molecule has 1 aromatic heterocycles. The van der Waals surface area contributed by atoms with Crippen molar-refractivity contribution in [2.75, 3.05) is 31.5 Å². The third kappa shape index (κ3) is 15.2. The second kappa shape index (κ2) is 24.4. The highest BCUT2D eigenvalue weighted by atomic mass is 16.7. The molecule has 67 heavy (non-hydrogen) atoms. The molecule has 2 amide bonds. The summed E-state index contributed by atoms with van der Waals surface area (Å²) >= 11 is 0. The van der Waals surface area contributed by atoms with Crippen LogP contribution in [0.15, 0.2) is 18.2 Å². The highest BCUT2D eigenvalue weighted by Crippen LogP contribution is 2.36. The first kappa shape index (κ1) is 54.2. The van der Waals surface area contributed by atoms with Crippen molar-refractivity contribution >= 4 is 76.9 Å². The van der Waals surface area contributed by atoms with E-state index in [1.165, 1.54) is 32.0 Å². The van der Waals surface area contributed by atoms with Crippen molar-refractivity contribution < 1.29 is 85.8 Å². The number of likely N-dealkylation sites (N-methyl/N-ethyl adjacent to an activating group) is 1. The van der Waals surface area contributed by atoms with Gasteiger partial charge < -0.3 is 58.4 Å². The average Bonchev–Trinajstić information content (AvgIpc) is 3.73. The van der Waals surface area contributed by atoms with E-state index in [2.05, 4.69) is 25.3 Å². The van der Waals surface area contributed by atoms with Crippen molar-refractivity contribution in [1.82, 2.24) is 15.2 Å². The molecular weight excluding hydrogens is 885 g/mol. The third-order valence-electron chi connectivity index (χ3n) is 10.0. The lowest BCUT2D eigenvalue weighted by Crippen LogP contribution is -2.39. The van der Waals surface area contributed by atoms with E-state index in [1.807, 2.05) is 13.8 Å². The summed E-state index contributed by atoms with van der Waals surface area (Å²) in [5, 5.41) is 5.70. The lowest BCUT2D eigenvalue weighted by molar-refractivity contribution is -0.188. The van der Waals surface area contributed by atoms with Crippen LogP contribution < -0.4 is 15.4 Å². The molecule has 0 bridgehead atoms. The molecule has 0 spiro atoms. The van der Waals surface area contributed by atoms with Crippen molar-refractivity contribution in [3.8, 4) is 5.75 Å². The Morgan fingerprint density at radius 3 is 1.48 bits per heavy atom. The SMILES string of the molecule is CCN(CC)CCNC(=O)c1c(C)[nH]c(/C=C2\C(=O)Nc3ccc(OC(=O)C(C)OC(=O)C(C)OC(=O)C(C)OC(=O)C(C)OC(=O)C(C)OC(=O)C(C)OC(=O)C(C)OC(C)=O)cc32)c1C. The van der Waals surface area contributed by atoms with E-state index in [4.69, 9.17) is 33.2 Å². The topological polar surface area (TPSA) is 288 Å². The number of hydrogen-bond donors (Lipinski definition) is 3. The number of rotatable bonds is 22. The average molecular weight is 943 g/mol. The zero-order valence-corrected chi connectivity index (χ0v) is 39.5. The molecule has 1 aliphatic heterocycles. The van der Waals surface area contributed by atoms with Crippen LogP contribution in [0.3, 0.4) is 0 Å². The van der Waals surface area contributed by atoms with Crippen molar-refractivity contribution in [2.45, 2.75) is 126 Å². The van der Waals surface area contributed by atoms with E-state index in [0.717, 1.165) is 54.6 Å². The number of amides is 2. The fourth-order valence-corrected chi connectivity index (χ4v) is 6.14. The molecule has 1 aromatic carbocycles. The molecule has 2 aromatic rings. The van der Waals surface area contributed by atoms with Gasteiger partial charge in [-0.05, 0) is 105 Å². The van der Waals surface area contributed by atoms with E-state index < -0.39 is 96.4 Å². The van der Waals surface area contributed by atoms with Crippen LogP contribution in [0.25, 0.3) is 11.6 Å². The minimum Gasteiger partial charge on any atom is -0.451 e. The number of carbonyl (C=O) groups excluding carboxylic acids is 10. The monoisotopic (exact) mass is 942 g/mol. The van der Waals surface area contributed by atoms with Gasteiger partial charge in [-0.3, -0.25) is 14.4 Å². The third-order valence-corrected chi connectivity index (χ3v) is 10.0. The minimum atomic E-state index is -1.63. The van der Waals surface area contributed by atoms with Crippen LogP contribution in [0.2, 0.25) is 0 Å². The normalized spacial score (nSPS) is 15.5. The Balaban J connectivity index is 1.52. The highest BCUT2D eigenvalue weighted by molar-refractivity contribution is 6.35. The summed E-state index contributed by atoms with van der Waals surface area (Å²) in [5.74, 6) is -9.44. The number of benzene rings is 1. The first-order chi connectivity index (χ1) is 31.4. The van der Waals surface area contributed by atoms with E-state index in [9.17, 15) is 47.9 Å². The molecule has 7 unspecified atom stereocenters. The summed E-state index contributed by atoms with van der Waals surface area (Å²) in [7, 11) is 0. The second-order valence-corrected chi connectivity index (χ2v) is 15.3. The number of esters is 8. The maximum absolute atomic E-state index is 13.1. The molecule has 0 fully saturated rings. The predicted molar refractivity (Wildman–Crippen MR) is 234 cm³/mol. The first-order valence-electron chi connectivity index (χ1n) is 21.4. The van der Waals surface area contributed by atoms with Crippen LogP contribution in [-0.2, 0) is 76.3 Å². The molecule has 22 heteroatoms. The summed E-state index contributed by atoms with van der Waals surface area (Å²) in [5.41, 5.74) is 3.31. The van der Waals surface area contributed by atoms with Crippen molar-refractivity contribution in [3.63, 3.8) is 0 Å². The molecule has 2 heterocycles. The minimum absolute atomic E-state index is 0.00772. The van der Waals surface area contributed by atoms with Gasteiger partial charge in [-0.25, -0.2) is 33.6 Å². The lowest BCUT2D eigenvalue weighted by atomic mass is 10.0. The number of aryl methyl sites for hydroxylation is 1. The standard InChI is InChI=1S/C45H58N4O18/c1-13-49(14-2)18-17-46-38(52)36-21(3)35(47-22(36)4)20-33-32-19-31(15-16-34(32)48-37(33)51)67-45(59)29(11)66-44(58)28(10)65-43(57)27(9)64-42(56)26(8)63-41(55)25(7)62-40(54)24(6)61-39(53)23(5)60-30(12)50/h15-16,19-20,23-29,47H,13-14,17-18H2,1-12H3,(H,46,52)(H,48,51)/b33-20-. The van der Waals surface area contributed by atoms with Crippen molar-refractivity contribution in [2.24, 2.45) is 0 Å². The fourth-order valence-electron chi connectivity index (χ4n) is 6.14. The van der Waals surface area contributed by atoms with Crippen LogP contribution in [0.4, 0.5) is 5.69 Å². The number of aromatic amines is 1. The van der Waals surface area contributed by atoms with Gasteiger partial charge >= 0.3 is 47.8 Å². The Bertz CT molecular complexity index is 2260. The summed E-state index contributed by atoms with van der Waals surface area (Å²) in [6, 6.07) is 4.39. The van der Waals surface area contributed by atoms with Crippen molar-refractivity contribution in [1.29, 1.82) is 0 Å². The van der Waals surface area contributed by atoms with Gasteiger partial charge in [-0.2, -0.15) is 0 Å². The predicted octanol–water partition coefficient (Wildman–Crippen LogP) is 2.64. The van der Waals surface area contributed by atoms with E-state index in [-0.39, 0.29) is 17.2 Å². The number of aromatic nitrogens is 1. The van der Waals surface area contributed by atoms with Crippen LogP contribution in [0, 0.1) is 13.8 Å². The number of H-pyrrole nitrogens is 1. The summed E-state index contributed by atoms with van der Waals surface area (Å²) in [6.45, 7) is 19.6. The number of nitrogens with one attached hydrogen (secondary N) is 3. The number of hydrogen-bond acceptors (Lipinski definition) is 19. The molecule has 0 saturated carbocycles. The quantitative estimate of drug-likeness (QED) is 0.0662. The molecule has 3 rings (SSSR count). The van der Waals surface area contributed by atoms with E-state index in [1.54, 1.807) is 19.9 Å². The maximum atomic E-state index is 13.1. The molecule has 0 radical (unpaired) electrons. The van der Waals surface area contributed by atoms with Gasteiger partial charge in [0.15, 0.2) is 42.7 Å². The van der Waals surface area contributed by atoms with Crippen molar-refractivity contribution in [3.05, 3.63) is 46.3 Å². The molecule has 366 valence electrons. The van der Waals surface area contributed by atoms with E-state index >= 15 is 0 Å². The maximum Gasteiger partial charge on any atom is 0.352 e. The van der Waals surface area contributed by atoms with Gasteiger partial charge in [0.05, 0.1) is 11.1 Å². The second-order valence-electron chi connectivity index (χ2n) is 15.3. The Labute approximate surface area is 386 Å². The number of nitrogens with zero attached hydrogens (tertiary/aromatic N) is 1. The summed E-state index contributed by atoms with van der Waals surface area (Å²) in [6.07, 6.45) is -9.20. The van der Waals surface area contributed by atoms with Crippen LogP contribution in [-0.4, -0.2) is 138 Å². The highest BCUT2D eigenvalue weighted by Gasteiger charge is 2.34. The van der Waals surface area contributed by atoms with Crippen LogP contribution in [0.1, 0.15) is 102 Å². The van der Waals surface area contributed by atoms with Gasteiger partial charge in [0.2, 0.25) is 0 Å². The first-order valence-corrected chi connectivity index (χ1v) is 21.4. The zero-order valence-electron chi connectivity index (χ0n) is 39.5. The molecule has 3 N–H and O–H groups in total. The fraction of sp³-hybridized carbons (Fsp3) is 0.511. The van der Waals surface area contributed by atoms with Gasteiger partial charge in [0.1, 0.15) is 5.75 Å². The molecular formula is C45H58N4O18. The van der Waals surface area contributed by atoms with Gasteiger partial charge in [0.25, 0.3) is 11.8 Å². The van der Waals surface area contributed by atoms with Gasteiger partial charge in [-0.1, -0.05) is 13.8 Å². The number of ether oxygens (including phenoxy) is 8. The lowest BCUT2D eigenvalue weighted by Gasteiger charge is -2.21. The zero-order chi connectivity index (χ0) is 50.4. The molecule has 22 nitrogen and oxygen atoms in total. The van der Waals surface area contributed by atoms with Crippen LogP contribution >= 0.6 is 0 Å². The Hall–Kier alpha value is -7.10. The number of fused-ring (bicyclic) bond motifs is 1. The molecule has 1 aliphatic rings. The number of anilines is 1. The molecule has 0 saturated heterocycles. The molecule has 0 aliphatic carbocycles. The largest absolute Gasteiger partial charge is 0.451 e. The molecule has 7 atom stereocenters. The van der Waals surface area contributed by atoms with Crippen LogP contribution in [0.5, 0.6) is 5.75 Å². The van der Waals surface area contributed by atoms with Gasteiger partial charge in [-0.15, -0.1) is 0 Å². The summed E-state index contributed by atoms with van der Waals surface area (Å²) in [4.78, 5) is 130. The Kier molecular flexibility index (Phi) is 19.8. The Morgan fingerprint density at radius 2 is 1.06 bits per heavy atom. The summed E-state index contributed by atoms with van der Waals surface area (Å²) < 4.78 is 40.0. The van der Waals surface area contributed by atoms with Gasteiger partial charge in [0, 0.05) is 42.7 Å². The smallest absolute Gasteiger partial charge is 0.352 e. The number of carbonyl (C=O) groups is 10. The Morgan fingerprint density at radius 1 is 0.642 bits per heavy atom.